The third kappa shape index (κ3) is 4.49. The van der Waals surface area contributed by atoms with Crippen LogP contribution in [0.1, 0.15) is 33.6 Å². The van der Waals surface area contributed by atoms with Crippen LogP contribution in [0, 0.1) is 0 Å². The fraction of sp³-hybridized carbons (Fsp3) is 0.364. The SMILES string of the molecule is C=CCC[C@H](O)CO[Si](c1ccccc1)(c1ccccc1)C(C)(C)C. The lowest BCUT2D eigenvalue weighted by atomic mass is 10.2. The van der Waals surface area contributed by atoms with Gasteiger partial charge >= 0.3 is 0 Å². The van der Waals surface area contributed by atoms with E-state index in [1.807, 2.05) is 18.2 Å². The van der Waals surface area contributed by atoms with Crippen molar-refractivity contribution in [3.05, 3.63) is 73.3 Å². The Morgan fingerprint density at radius 2 is 1.48 bits per heavy atom. The van der Waals surface area contributed by atoms with E-state index in [0.717, 1.165) is 6.42 Å². The van der Waals surface area contributed by atoms with Crippen molar-refractivity contribution in [1.82, 2.24) is 0 Å². The van der Waals surface area contributed by atoms with Gasteiger partial charge in [0.2, 0.25) is 0 Å². The van der Waals surface area contributed by atoms with Gasteiger partial charge in [-0.15, -0.1) is 6.58 Å². The van der Waals surface area contributed by atoms with Gasteiger partial charge in [0.1, 0.15) is 0 Å². The van der Waals surface area contributed by atoms with Gasteiger partial charge in [-0.1, -0.05) is 87.5 Å². The molecule has 0 spiro atoms. The lowest BCUT2D eigenvalue weighted by Crippen LogP contribution is -2.67. The Morgan fingerprint density at radius 1 is 1.00 bits per heavy atom. The van der Waals surface area contributed by atoms with Crippen LogP contribution in [-0.4, -0.2) is 26.1 Å². The molecule has 1 N–H and O–H groups in total. The van der Waals surface area contributed by atoms with E-state index in [9.17, 15) is 5.11 Å². The first-order chi connectivity index (χ1) is 11.9. The highest BCUT2D eigenvalue weighted by Gasteiger charge is 2.50. The highest BCUT2D eigenvalue weighted by molar-refractivity contribution is 6.99. The Balaban J connectivity index is 2.47. The Bertz CT molecular complexity index is 607. The Kier molecular flexibility index (Phi) is 6.76. The number of benzene rings is 2. The summed E-state index contributed by atoms with van der Waals surface area (Å²) in [4.78, 5) is 0. The molecule has 0 fully saturated rings. The lowest BCUT2D eigenvalue weighted by molar-refractivity contribution is 0.0960. The Labute approximate surface area is 153 Å². The molecule has 0 amide bonds. The van der Waals surface area contributed by atoms with Crippen molar-refractivity contribution >= 4 is 18.7 Å². The molecule has 2 rings (SSSR count). The Hall–Kier alpha value is -1.68. The predicted octanol–water partition coefficient (Wildman–Crippen LogP) is 3.89. The van der Waals surface area contributed by atoms with Crippen LogP contribution in [-0.2, 0) is 4.43 Å². The fourth-order valence-electron chi connectivity index (χ4n) is 3.38. The van der Waals surface area contributed by atoms with Crippen molar-refractivity contribution in [1.29, 1.82) is 0 Å². The molecule has 2 aromatic rings. The zero-order chi connectivity index (χ0) is 18.3. The molecule has 0 bridgehead atoms. The summed E-state index contributed by atoms with van der Waals surface area (Å²) in [7, 11) is -2.54. The maximum Gasteiger partial charge on any atom is 0.261 e. The summed E-state index contributed by atoms with van der Waals surface area (Å²) in [5.41, 5.74) is 0. The molecule has 0 unspecified atom stereocenters. The number of aliphatic hydroxyl groups excluding tert-OH is 1. The minimum absolute atomic E-state index is 0.0616. The van der Waals surface area contributed by atoms with Crippen LogP contribution in [0.2, 0.25) is 5.04 Å². The van der Waals surface area contributed by atoms with Gasteiger partial charge in [-0.3, -0.25) is 0 Å². The molecule has 0 heterocycles. The van der Waals surface area contributed by atoms with E-state index in [0.29, 0.717) is 13.0 Å². The lowest BCUT2D eigenvalue weighted by Gasteiger charge is -2.43. The van der Waals surface area contributed by atoms with Crippen molar-refractivity contribution in [2.24, 2.45) is 0 Å². The van der Waals surface area contributed by atoms with Gasteiger partial charge < -0.3 is 9.53 Å². The van der Waals surface area contributed by atoms with Gasteiger partial charge in [0.15, 0.2) is 0 Å². The molecule has 1 atom stereocenters. The van der Waals surface area contributed by atoms with E-state index in [1.165, 1.54) is 10.4 Å². The predicted molar refractivity (Wildman–Crippen MR) is 109 cm³/mol. The third-order valence-corrected chi connectivity index (χ3v) is 9.62. The number of allylic oxidation sites excluding steroid dienone is 1. The zero-order valence-electron chi connectivity index (χ0n) is 15.6. The first-order valence-corrected chi connectivity index (χ1v) is 10.9. The molecule has 0 radical (unpaired) electrons. The molecule has 134 valence electrons. The van der Waals surface area contributed by atoms with Crippen molar-refractivity contribution < 1.29 is 9.53 Å². The maximum atomic E-state index is 10.4. The molecule has 2 aromatic carbocycles. The van der Waals surface area contributed by atoms with E-state index < -0.39 is 14.4 Å². The molecule has 0 aliphatic carbocycles. The average molecular weight is 355 g/mol. The second kappa shape index (κ2) is 8.61. The minimum atomic E-state index is -2.54. The Morgan fingerprint density at radius 3 is 1.88 bits per heavy atom. The maximum absolute atomic E-state index is 10.4. The van der Waals surface area contributed by atoms with Crippen LogP contribution < -0.4 is 10.4 Å². The number of hydrogen-bond donors (Lipinski definition) is 1. The number of rotatable bonds is 8. The van der Waals surface area contributed by atoms with Crippen LogP contribution in [0.15, 0.2) is 73.3 Å². The van der Waals surface area contributed by atoms with Crippen molar-refractivity contribution in [2.45, 2.75) is 44.8 Å². The van der Waals surface area contributed by atoms with E-state index in [1.54, 1.807) is 0 Å². The van der Waals surface area contributed by atoms with Crippen LogP contribution in [0.25, 0.3) is 0 Å². The van der Waals surface area contributed by atoms with Crippen LogP contribution in [0.3, 0.4) is 0 Å². The van der Waals surface area contributed by atoms with Gasteiger partial charge in [-0.05, 0) is 28.3 Å². The highest BCUT2D eigenvalue weighted by atomic mass is 28.4. The zero-order valence-corrected chi connectivity index (χ0v) is 16.6. The summed E-state index contributed by atoms with van der Waals surface area (Å²) in [6.07, 6.45) is 2.85. The monoisotopic (exact) mass is 354 g/mol. The van der Waals surface area contributed by atoms with E-state index in [2.05, 4.69) is 75.9 Å². The quantitative estimate of drug-likeness (QED) is 0.576. The number of aliphatic hydroxyl groups is 1. The molecule has 2 nitrogen and oxygen atoms in total. The van der Waals surface area contributed by atoms with Gasteiger partial charge in [0.25, 0.3) is 8.32 Å². The van der Waals surface area contributed by atoms with E-state index in [-0.39, 0.29) is 5.04 Å². The van der Waals surface area contributed by atoms with Gasteiger partial charge in [-0.2, -0.15) is 0 Å². The summed E-state index contributed by atoms with van der Waals surface area (Å²) in [5.74, 6) is 0. The van der Waals surface area contributed by atoms with E-state index >= 15 is 0 Å². The minimum Gasteiger partial charge on any atom is -0.405 e. The molecule has 25 heavy (non-hydrogen) atoms. The third-order valence-electron chi connectivity index (χ3n) is 4.61. The summed E-state index contributed by atoms with van der Waals surface area (Å²) in [6.45, 7) is 10.8. The standard InChI is InChI=1S/C22H30O2Si/c1-5-6-13-19(23)18-24-25(22(2,3)4,20-14-9-7-10-15-20)21-16-11-8-12-17-21/h5,7-12,14-17,19,23H,1,6,13,18H2,2-4H3/t19-/m0/s1. The van der Waals surface area contributed by atoms with Crippen LogP contribution in [0.4, 0.5) is 0 Å². The summed E-state index contributed by atoms with van der Waals surface area (Å²) >= 11 is 0. The molecule has 0 saturated heterocycles. The molecular formula is C22H30O2Si. The molecular weight excluding hydrogens is 324 g/mol. The second-order valence-corrected chi connectivity index (χ2v) is 11.8. The first kappa shape index (κ1) is 19.6. The van der Waals surface area contributed by atoms with Crippen molar-refractivity contribution in [3.8, 4) is 0 Å². The van der Waals surface area contributed by atoms with Gasteiger partial charge in [-0.25, -0.2) is 0 Å². The van der Waals surface area contributed by atoms with E-state index in [4.69, 9.17) is 4.43 Å². The first-order valence-electron chi connectivity index (χ1n) is 8.96. The van der Waals surface area contributed by atoms with Gasteiger partial charge in [0, 0.05) is 0 Å². The molecule has 0 aliphatic heterocycles. The average Bonchev–Trinajstić information content (AvgIpc) is 2.61. The van der Waals surface area contributed by atoms with Crippen molar-refractivity contribution in [3.63, 3.8) is 0 Å². The summed E-state index contributed by atoms with van der Waals surface area (Å²) in [5, 5.41) is 12.8. The molecule has 3 heteroatoms. The summed E-state index contributed by atoms with van der Waals surface area (Å²) < 4.78 is 6.68. The van der Waals surface area contributed by atoms with Crippen LogP contribution in [0.5, 0.6) is 0 Å². The highest BCUT2D eigenvalue weighted by Crippen LogP contribution is 2.36. The van der Waals surface area contributed by atoms with Crippen molar-refractivity contribution in [2.75, 3.05) is 6.61 Å². The molecule has 0 aliphatic rings. The fourth-order valence-corrected chi connectivity index (χ4v) is 7.97. The normalized spacial score (nSPS) is 13.4. The van der Waals surface area contributed by atoms with Gasteiger partial charge in [0.05, 0.1) is 12.7 Å². The molecule has 0 saturated carbocycles. The smallest absolute Gasteiger partial charge is 0.261 e. The summed E-state index contributed by atoms with van der Waals surface area (Å²) in [6, 6.07) is 21.0. The molecule has 0 aromatic heterocycles. The second-order valence-electron chi connectivity index (χ2n) is 7.49. The van der Waals surface area contributed by atoms with Crippen LogP contribution >= 0.6 is 0 Å². The topological polar surface area (TPSA) is 29.5 Å². The largest absolute Gasteiger partial charge is 0.405 e. The number of hydrogen-bond acceptors (Lipinski definition) is 2.